The van der Waals surface area contributed by atoms with Gasteiger partial charge in [0.15, 0.2) is 5.78 Å². The molecule has 1 unspecified atom stereocenters. The van der Waals surface area contributed by atoms with Crippen LogP contribution in [0.25, 0.3) is 0 Å². The highest BCUT2D eigenvalue weighted by Crippen LogP contribution is 2.41. The normalized spacial score (nSPS) is 41.9. The summed E-state index contributed by atoms with van der Waals surface area (Å²) in [6.45, 7) is 3.19. The highest BCUT2D eigenvalue weighted by molar-refractivity contribution is 6.03. The average Bonchev–Trinajstić information content (AvgIpc) is 2.28. The number of nitrogens with zero attached hydrogens (tertiary/aromatic N) is 1. The summed E-state index contributed by atoms with van der Waals surface area (Å²) in [6.07, 6.45) is 0.00958. The van der Waals surface area contributed by atoms with E-state index in [1.807, 2.05) is 0 Å². The number of hydrogen-bond acceptors (Lipinski definition) is 3. The molecule has 0 spiro atoms. The number of halogens is 1. The molecule has 3 atom stereocenters. The van der Waals surface area contributed by atoms with Crippen molar-refractivity contribution < 1.29 is 14.3 Å². The topological polar surface area (TPSA) is 49.7 Å². The first kappa shape index (κ1) is 9.52. The van der Waals surface area contributed by atoms with Crippen LogP contribution in [0.5, 0.6) is 0 Å². The zero-order valence-electron chi connectivity index (χ0n) is 8.12. The largest absolute Gasteiger partial charge is 0.383 e. The monoisotopic (exact) mass is 197 g/mol. The Morgan fingerprint density at radius 3 is 3.00 bits per heavy atom. The standard InChI is InChI=1S/C10H12FNO2/c1-5-8(13)7-3-6(11)4-12-9(7)10(5,2)14/h4-6,14H,3H2,1-2H3/t5-,6?,10+/m0/s1. The third-order valence-corrected chi connectivity index (χ3v) is 3.06. The molecule has 76 valence electrons. The van der Waals surface area contributed by atoms with Gasteiger partial charge in [0, 0.05) is 18.2 Å². The second-order valence-electron chi connectivity index (χ2n) is 4.06. The predicted octanol–water partition coefficient (Wildman–Crippen LogP) is 1.02. The lowest BCUT2D eigenvalue weighted by atomic mass is 9.92. The fraction of sp³-hybridized carbons (Fsp3) is 0.600. The molecule has 0 aromatic carbocycles. The van der Waals surface area contributed by atoms with Gasteiger partial charge in [-0.1, -0.05) is 6.92 Å². The van der Waals surface area contributed by atoms with Gasteiger partial charge in [0.25, 0.3) is 0 Å². The van der Waals surface area contributed by atoms with Crippen molar-refractivity contribution in [2.24, 2.45) is 10.9 Å². The Kier molecular flexibility index (Phi) is 1.86. The lowest BCUT2D eigenvalue weighted by Gasteiger charge is -2.23. The number of carbonyl (C=O) groups is 1. The predicted molar refractivity (Wildman–Crippen MR) is 49.8 cm³/mol. The lowest BCUT2D eigenvalue weighted by molar-refractivity contribution is -0.122. The second-order valence-corrected chi connectivity index (χ2v) is 4.06. The van der Waals surface area contributed by atoms with Crippen molar-refractivity contribution in [3.05, 3.63) is 11.3 Å². The fourth-order valence-electron chi connectivity index (χ4n) is 1.95. The van der Waals surface area contributed by atoms with E-state index in [-0.39, 0.29) is 12.2 Å². The van der Waals surface area contributed by atoms with E-state index in [4.69, 9.17) is 0 Å². The summed E-state index contributed by atoms with van der Waals surface area (Å²) >= 11 is 0. The molecule has 0 fully saturated rings. The maximum Gasteiger partial charge on any atom is 0.166 e. The zero-order valence-corrected chi connectivity index (χ0v) is 8.12. The van der Waals surface area contributed by atoms with Crippen LogP contribution >= 0.6 is 0 Å². The average molecular weight is 197 g/mol. The van der Waals surface area contributed by atoms with Crippen LogP contribution in [-0.2, 0) is 4.79 Å². The number of ketones is 1. The highest BCUT2D eigenvalue weighted by atomic mass is 19.1. The SMILES string of the molecule is C[C@H]1C(=O)C2=C(N=CC(F)C2)[C@]1(C)O. The Labute approximate surface area is 81.3 Å². The van der Waals surface area contributed by atoms with Crippen LogP contribution in [0, 0.1) is 5.92 Å². The van der Waals surface area contributed by atoms with E-state index in [1.165, 1.54) is 0 Å². The Morgan fingerprint density at radius 1 is 1.71 bits per heavy atom. The van der Waals surface area contributed by atoms with Crippen molar-refractivity contribution >= 4 is 12.0 Å². The molecule has 0 aromatic rings. The van der Waals surface area contributed by atoms with Crippen molar-refractivity contribution in [2.75, 3.05) is 0 Å². The van der Waals surface area contributed by atoms with Gasteiger partial charge in [-0.05, 0) is 6.92 Å². The van der Waals surface area contributed by atoms with Crippen LogP contribution in [0.1, 0.15) is 20.3 Å². The number of allylic oxidation sites excluding steroid dienone is 1. The summed E-state index contributed by atoms with van der Waals surface area (Å²) in [5, 5.41) is 10.00. The second kappa shape index (κ2) is 2.73. The molecule has 1 aliphatic heterocycles. The molecule has 0 bridgehead atoms. The van der Waals surface area contributed by atoms with Crippen molar-refractivity contribution in [1.29, 1.82) is 0 Å². The van der Waals surface area contributed by atoms with Crippen molar-refractivity contribution in [3.8, 4) is 0 Å². The first-order chi connectivity index (χ1) is 6.44. The van der Waals surface area contributed by atoms with Crippen LogP contribution < -0.4 is 0 Å². The van der Waals surface area contributed by atoms with Gasteiger partial charge >= 0.3 is 0 Å². The summed E-state index contributed by atoms with van der Waals surface area (Å²) in [4.78, 5) is 15.5. The number of Topliss-reactive ketones (excluding diaryl/α,β-unsaturated/α-hetero) is 1. The van der Waals surface area contributed by atoms with Gasteiger partial charge in [0.05, 0.1) is 11.6 Å². The molecule has 0 amide bonds. The Morgan fingerprint density at radius 2 is 2.36 bits per heavy atom. The molecule has 0 radical (unpaired) electrons. The van der Waals surface area contributed by atoms with Gasteiger partial charge < -0.3 is 5.11 Å². The van der Waals surface area contributed by atoms with Crippen molar-refractivity contribution in [2.45, 2.75) is 32.0 Å². The minimum atomic E-state index is -1.23. The summed E-state index contributed by atoms with van der Waals surface area (Å²) in [5.74, 6) is -0.695. The Bertz CT molecular complexity index is 357. The van der Waals surface area contributed by atoms with Crippen LogP contribution in [0.3, 0.4) is 0 Å². The number of aliphatic imine (C=N–C) groups is 1. The highest BCUT2D eigenvalue weighted by Gasteiger charge is 2.48. The van der Waals surface area contributed by atoms with Gasteiger partial charge in [-0.2, -0.15) is 0 Å². The van der Waals surface area contributed by atoms with Gasteiger partial charge in [0.1, 0.15) is 11.8 Å². The van der Waals surface area contributed by atoms with E-state index in [1.54, 1.807) is 13.8 Å². The Balaban J connectivity index is 2.48. The molecular formula is C10H12FNO2. The maximum absolute atomic E-state index is 13.0. The summed E-state index contributed by atoms with van der Waals surface area (Å²) in [6, 6.07) is 0. The van der Waals surface area contributed by atoms with Crippen LogP contribution in [0.2, 0.25) is 0 Å². The number of alkyl halides is 1. The molecule has 2 rings (SSSR count). The molecular weight excluding hydrogens is 185 g/mol. The summed E-state index contributed by atoms with van der Waals surface area (Å²) < 4.78 is 13.0. The van der Waals surface area contributed by atoms with Gasteiger partial charge in [-0.15, -0.1) is 0 Å². The summed E-state index contributed by atoms with van der Waals surface area (Å²) in [7, 11) is 0. The summed E-state index contributed by atoms with van der Waals surface area (Å²) in [5.41, 5.74) is -0.523. The van der Waals surface area contributed by atoms with Crippen LogP contribution in [-0.4, -0.2) is 28.9 Å². The fourth-order valence-corrected chi connectivity index (χ4v) is 1.95. The Hall–Kier alpha value is -1.03. The number of rotatable bonds is 0. The van der Waals surface area contributed by atoms with Crippen molar-refractivity contribution in [1.82, 2.24) is 0 Å². The quantitative estimate of drug-likeness (QED) is 0.630. The number of aliphatic hydroxyl groups is 1. The van der Waals surface area contributed by atoms with Crippen molar-refractivity contribution in [3.63, 3.8) is 0 Å². The minimum absolute atomic E-state index is 0.0537. The van der Waals surface area contributed by atoms with Crippen LogP contribution in [0.15, 0.2) is 16.3 Å². The van der Waals surface area contributed by atoms with E-state index < -0.39 is 17.7 Å². The van der Waals surface area contributed by atoms with Gasteiger partial charge in [-0.3, -0.25) is 9.79 Å². The molecule has 1 heterocycles. The van der Waals surface area contributed by atoms with Crippen LogP contribution in [0.4, 0.5) is 4.39 Å². The lowest BCUT2D eigenvalue weighted by Crippen LogP contribution is -2.33. The number of carbonyl (C=O) groups excluding carboxylic acids is 1. The van der Waals surface area contributed by atoms with E-state index in [0.29, 0.717) is 11.3 Å². The molecule has 14 heavy (non-hydrogen) atoms. The molecule has 1 N–H and O–H groups in total. The van der Waals surface area contributed by atoms with E-state index >= 15 is 0 Å². The molecule has 4 heteroatoms. The minimum Gasteiger partial charge on any atom is -0.383 e. The van der Waals surface area contributed by atoms with Gasteiger partial charge in [-0.25, -0.2) is 4.39 Å². The molecule has 0 saturated heterocycles. The van der Waals surface area contributed by atoms with E-state index in [0.717, 1.165) is 6.21 Å². The van der Waals surface area contributed by atoms with Gasteiger partial charge in [0.2, 0.25) is 0 Å². The third-order valence-electron chi connectivity index (χ3n) is 3.06. The first-order valence-corrected chi connectivity index (χ1v) is 4.63. The number of hydrogen-bond donors (Lipinski definition) is 1. The smallest absolute Gasteiger partial charge is 0.166 e. The molecule has 0 aromatic heterocycles. The van der Waals surface area contributed by atoms with E-state index in [9.17, 15) is 14.3 Å². The molecule has 2 aliphatic rings. The molecule has 0 saturated carbocycles. The maximum atomic E-state index is 13.0. The van der Waals surface area contributed by atoms with E-state index in [2.05, 4.69) is 4.99 Å². The zero-order chi connectivity index (χ0) is 10.5. The molecule has 3 nitrogen and oxygen atoms in total. The third kappa shape index (κ3) is 1.07. The first-order valence-electron chi connectivity index (χ1n) is 4.63. The molecule has 1 aliphatic carbocycles.